The molecule has 102 valence electrons. The van der Waals surface area contributed by atoms with Gasteiger partial charge in [-0.15, -0.1) is 0 Å². The van der Waals surface area contributed by atoms with E-state index in [9.17, 15) is 9.90 Å². The van der Waals surface area contributed by atoms with Crippen LogP contribution in [0.5, 0.6) is 5.75 Å². The number of nitrogens with one attached hydrogen (secondary N) is 1. The molecular formula is C16H10NO3S+. The number of rotatable bonds is 1. The number of thiazole rings is 1. The second-order valence-electron chi connectivity index (χ2n) is 4.72. The molecule has 0 aliphatic rings. The fraction of sp³-hybridized carbons (Fsp3) is 0. The summed E-state index contributed by atoms with van der Waals surface area (Å²) in [5, 5.41) is 11.0. The molecule has 2 aromatic carbocycles. The number of H-pyrrole nitrogens is 1. The molecule has 0 radical (unpaired) electrons. The van der Waals surface area contributed by atoms with Gasteiger partial charge in [-0.25, -0.2) is 4.79 Å². The van der Waals surface area contributed by atoms with Crippen molar-refractivity contribution in [2.75, 3.05) is 0 Å². The zero-order valence-corrected chi connectivity index (χ0v) is 11.6. The Labute approximate surface area is 122 Å². The Morgan fingerprint density at radius 2 is 1.95 bits per heavy atom. The Bertz CT molecular complexity index is 999. The lowest BCUT2D eigenvalue weighted by atomic mass is 10.2. The minimum absolute atomic E-state index is 0.0758. The first-order valence-electron chi connectivity index (χ1n) is 6.39. The average Bonchev–Trinajstić information content (AvgIpc) is 2.90. The van der Waals surface area contributed by atoms with E-state index in [0.29, 0.717) is 11.1 Å². The van der Waals surface area contributed by atoms with E-state index in [1.165, 1.54) is 17.4 Å². The second kappa shape index (κ2) is 4.43. The van der Waals surface area contributed by atoms with Gasteiger partial charge < -0.3 is 9.52 Å². The van der Waals surface area contributed by atoms with Crippen LogP contribution in [0.2, 0.25) is 0 Å². The van der Waals surface area contributed by atoms with Crippen molar-refractivity contribution in [2.45, 2.75) is 0 Å². The minimum atomic E-state index is -0.420. The lowest BCUT2D eigenvalue weighted by Gasteiger charge is -1.98. The van der Waals surface area contributed by atoms with E-state index < -0.39 is 5.63 Å². The van der Waals surface area contributed by atoms with Crippen molar-refractivity contribution in [3.63, 3.8) is 0 Å². The number of phenolic OH excluding ortho intramolecular Hbond substituents is 1. The van der Waals surface area contributed by atoms with E-state index >= 15 is 0 Å². The lowest BCUT2D eigenvalue weighted by molar-refractivity contribution is -0.325. The Morgan fingerprint density at radius 3 is 2.81 bits per heavy atom. The third-order valence-corrected chi connectivity index (χ3v) is 4.41. The van der Waals surface area contributed by atoms with Crippen LogP contribution in [0.3, 0.4) is 0 Å². The fourth-order valence-electron chi connectivity index (χ4n) is 2.30. The predicted octanol–water partition coefficient (Wildman–Crippen LogP) is 3.19. The van der Waals surface area contributed by atoms with Gasteiger partial charge in [0, 0.05) is 17.5 Å². The molecule has 0 saturated heterocycles. The number of para-hydroxylation sites is 1. The van der Waals surface area contributed by atoms with Crippen LogP contribution in [0.25, 0.3) is 31.8 Å². The largest absolute Gasteiger partial charge is 0.508 e. The van der Waals surface area contributed by atoms with E-state index in [2.05, 4.69) is 4.98 Å². The molecule has 21 heavy (non-hydrogen) atoms. The van der Waals surface area contributed by atoms with Crippen LogP contribution in [-0.4, -0.2) is 5.11 Å². The molecule has 4 nitrogen and oxygen atoms in total. The molecule has 2 aromatic heterocycles. The zero-order chi connectivity index (χ0) is 14.4. The summed E-state index contributed by atoms with van der Waals surface area (Å²) in [6.07, 6.45) is 0. The average molecular weight is 296 g/mol. The number of hydrogen-bond acceptors (Lipinski definition) is 4. The molecule has 4 rings (SSSR count). The fourth-order valence-corrected chi connectivity index (χ4v) is 3.31. The summed E-state index contributed by atoms with van der Waals surface area (Å²) in [5.41, 5.74) is 1.44. The predicted molar refractivity (Wildman–Crippen MR) is 81.5 cm³/mol. The molecule has 0 spiro atoms. The molecule has 4 aromatic rings. The van der Waals surface area contributed by atoms with E-state index in [1.807, 2.05) is 24.3 Å². The maximum absolute atomic E-state index is 12.2. The van der Waals surface area contributed by atoms with Crippen molar-refractivity contribution in [2.24, 2.45) is 0 Å². The first kappa shape index (κ1) is 12.1. The molecule has 0 amide bonds. The molecule has 0 aliphatic heterocycles. The summed E-state index contributed by atoms with van der Waals surface area (Å²) in [6, 6.07) is 14.4. The quantitative estimate of drug-likeness (QED) is 0.549. The Balaban J connectivity index is 1.99. The number of hydrogen-bond donors (Lipinski definition) is 1. The highest BCUT2D eigenvalue weighted by Gasteiger charge is 2.18. The molecule has 2 N–H and O–H groups in total. The Morgan fingerprint density at radius 1 is 1.10 bits per heavy atom. The third-order valence-electron chi connectivity index (χ3n) is 3.31. The topological polar surface area (TPSA) is 64.6 Å². The zero-order valence-electron chi connectivity index (χ0n) is 10.8. The van der Waals surface area contributed by atoms with Crippen LogP contribution in [0.4, 0.5) is 0 Å². The first-order chi connectivity index (χ1) is 10.2. The van der Waals surface area contributed by atoms with Gasteiger partial charge in [0.05, 0.1) is 0 Å². The Hall–Kier alpha value is -2.66. The maximum Gasteiger partial charge on any atom is 0.351 e. The SMILES string of the molecule is O=c1oc2cc(O)ccc2cc1-c1[nH+]c2ccccc2s1. The molecule has 0 atom stereocenters. The van der Waals surface area contributed by atoms with Crippen molar-refractivity contribution in [3.05, 3.63) is 59.0 Å². The van der Waals surface area contributed by atoms with E-state index in [0.717, 1.165) is 20.6 Å². The summed E-state index contributed by atoms with van der Waals surface area (Å²) in [5.74, 6) is 0.0758. The van der Waals surface area contributed by atoms with Gasteiger partial charge >= 0.3 is 5.63 Å². The van der Waals surface area contributed by atoms with Crippen molar-refractivity contribution in [1.82, 2.24) is 0 Å². The summed E-state index contributed by atoms with van der Waals surface area (Å²) in [4.78, 5) is 15.4. The van der Waals surface area contributed by atoms with Gasteiger partial charge in [-0.1, -0.05) is 23.5 Å². The smallest absolute Gasteiger partial charge is 0.351 e. The van der Waals surface area contributed by atoms with E-state index in [-0.39, 0.29) is 5.75 Å². The number of fused-ring (bicyclic) bond motifs is 2. The molecule has 0 bridgehead atoms. The van der Waals surface area contributed by atoms with Crippen LogP contribution in [-0.2, 0) is 0 Å². The van der Waals surface area contributed by atoms with Crippen molar-refractivity contribution < 1.29 is 14.5 Å². The van der Waals surface area contributed by atoms with Crippen LogP contribution in [0.15, 0.2) is 57.7 Å². The summed E-state index contributed by atoms with van der Waals surface area (Å²) in [6.45, 7) is 0. The van der Waals surface area contributed by atoms with Gasteiger partial charge in [0.25, 0.3) is 5.01 Å². The summed E-state index contributed by atoms with van der Waals surface area (Å²) < 4.78 is 6.38. The normalized spacial score (nSPS) is 11.2. The van der Waals surface area contributed by atoms with Crippen LogP contribution in [0.1, 0.15) is 0 Å². The van der Waals surface area contributed by atoms with Gasteiger partial charge in [-0.05, 0) is 24.3 Å². The molecule has 0 aliphatic carbocycles. The number of aromatic hydroxyl groups is 1. The molecule has 2 heterocycles. The van der Waals surface area contributed by atoms with Crippen LogP contribution < -0.4 is 10.6 Å². The van der Waals surface area contributed by atoms with Gasteiger partial charge in [-0.2, -0.15) is 4.98 Å². The number of aromatic amines is 1. The van der Waals surface area contributed by atoms with Crippen molar-refractivity contribution >= 4 is 32.5 Å². The standard InChI is InChI=1S/C16H9NO3S/c18-10-6-5-9-7-11(16(19)20-13(9)8-10)15-17-12-3-1-2-4-14(12)21-15/h1-8,18H/p+1. The first-order valence-corrected chi connectivity index (χ1v) is 7.20. The number of phenols is 1. The highest BCUT2D eigenvalue weighted by Crippen LogP contribution is 2.27. The van der Waals surface area contributed by atoms with Gasteiger partial charge in [0.2, 0.25) is 5.52 Å². The minimum Gasteiger partial charge on any atom is -0.508 e. The summed E-state index contributed by atoms with van der Waals surface area (Å²) in [7, 11) is 0. The van der Waals surface area contributed by atoms with E-state index in [1.54, 1.807) is 18.2 Å². The molecule has 0 unspecified atom stereocenters. The maximum atomic E-state index is 12.2. The van der Waals surface area contributed by atoms with Crippen molar-refractivity contribution in [1.29, 1.82) is 0 Å². The lowest BCUT2D eigenvalue weighted by Crippen LogP contribution is -2.09. The van der Waals surface area contributed by atoms with Gasteiger partial charge in [0.1, 0.15) is 21.6 Å². The molecule has 0 fully saturated rings. The van der Waals surface area contributed by atoms with Crippen LogP contribution >= 0.6 is 11.3 Å². The van der Waals surface area contributed by atoms with Crippen molar-refractivity contribution in [3.8, 4) is 16.3 Å². The Kier molecular flexibility index (Phi) is 2.55. The third kappa shape index (κ3) is 1.98. The number of benzene rings is 2. The molecule has 5 heteroatoms. The molecule has 0 saturated carbocycles. The highest BCUT2D eigenvalue weighted by molar-refractivity contribution is 7.21. The van der Waals surface area contributed by atoms with Gasteiger partial charge in [0.15, 0.2) is 0 Å². The monoisotopic (exact) mass is 296 g/mol. The second-order valence-corrected chi connectivity index (χ2v) is 5.77. The van der Waals surface area contributed by atoms with Crippen LogP contribution in [0, 0.1) is 0 Å². The van der Waals surface area contributed by atoms with Gasteiger partial charge in [-0.3, -0.25) is 0 Å². The summed E-state index contributed by atoms with van der Waals surface area (Å²) >= 11 is 1.51. The highest BCUT2D eigenvalue weighted by atomic mass is 32.1. The van der Waals surface area contributed by atoms with E-state index in [4.69, 9.17) is 4.42 Å². The molecular weight excluding hydrogens is 286 g/mol. The number of aromatic nitrogens is 1.